The number of nitrogens with zero attached hydrogens (tertiary/aromatic N) is 4. The Bertz CT molecular complexity index is 962. The Kier molecular flexibility index (Phi) is 5.92. The number of thioether (sulfide) groups is 1. The quantitative estimate of drug-likeness (QED) is 0.496. The van der Waals surface area contributed by atoms with Crippen molar-refractivity contribution < 1.29 is 13.6 Å². The van der Waals surface area contributed by atoms with Crippen LogP contribution in [0, 0.1) is 11.6 Å². The van der Waals surface area contributed by atoms with Crippen LogP contribution in [0.1, 0.15) is 0 Å². The lowest BCUT2D eigenvalue weighted by atomic mass is 10.2. The molecule has 1 N–H and O–H groups in total. The molecular weight excluding hydrogens is 372 g/mol. The van der Waals surface area contributed by atoms with Crippen LogP contribution >= 0.6 is 11.8 Å². The highest BCUT2D eigenvalue weighted by molar-refractivity contribution is 7.99. The number of halogens is 2. The van der Waals surface area contributed by atoms with Gasteiger partial charge in [-0.2, -0.15) is 0 Å². The van der Waals surface area contributed by atoms with Crippen molar-refractivity contribution in [2.45, 2.75) is 11.7 Å². The van der Waals surface area contributed by atoms with Gasteiger partial charge in [0.15, 0.2) is 11.0 Å². The van der Waals surface area contributed by atoms with Crippen molar-refractivity contribution in [2.75, 3.05) is 11.1 Å². The largest absolute Gasteiger partial charge is 0.323 e. The summed E-state index contributed by atoms with van der Waals surface area (Å²) in [5.74, 6) is -1.36. The number of hydrogen-bond donors (Lipinski definition) is 1. The molecule has 0 unspecified atom stereocenters. The van der Waals surface area contributed by atoms with E-state index in [0.29, 0.717) is 23.6 Å². The lowest BCUT2D eigenvalue weighted by Crippen LogP contribution is -2.15. The highest BCUT2D eigenvalue weighted by Crippen LogP contribution is 2.24. The molecule has 1 aromatic carbocycles. The number of pyridine rings is 1. The molecule has 3 aromatic rings. The van der Waals surface area contributed by atoms with Crippen molar-refractivity contribution in [2.24, 2.45) is 0 Å². The first-order chi connectivity index (χ1) is 13.1. The number of carbonyl (C=O) groups is 1. The van der Waals surface area contributed by atoms with Gasteiger partial charge in [0, 0.05) is 30.6 Å². The van der Waals surface area contributed by atoms with E-state index in [0.717, 1.165) is 23.4 Å². The molecule has 6 nitrogen and oxygen atoms in total. The number of amides is 1. The Morgan fingerprint density at radius 3 is 2.70 bits per heavy atom. The molecular formula is C18H15F2N5OS. The Morgan fingerprint density at radius 2 is 2.00 bits per heavy atom. The van der Waals surface area contributed by atoms with Crippen LogP contribution in [-0.4, -0.2) is 31.4 Å². The molecule has 0 saturated carbocycles. The molecule has 0 spiro atoms. The average molecular weight is 387 g/mol. The monoisotopic (exact) mass is 387 g/mol. The normalized spacial score (nSPS) is 10.6. The number of allylic oxidation sites excluding steroid dienone is 1. The zero-order valence-electron chi connectivity index (χ0n) is 14.1. The topological polar surface area (TPSA) is 72.7 Å². The SMILES string of the molecule is C=CCn1c(SCC(=O)Nc2ccc(F)cc2F)nnc1-c1ccncc1. The molecule has 0 fully saturated rings. The van der Waals surface area contributed by atoms with E-state index in [2.05, 4.69) is 27.1 Å². The predicted octanol–water partition coefficient (Wildman–Crippen LogP) is 3.54. The summed E-state index contributed by atoms with van der Waals surface area (Å²) in [5.41, 5.74) is 0.760. The second kappa shape index (κ2) is 8.54. The Labute approximate surface area is 158 Å². The minimum atomic E-state index is -0.830. The number of nitrogens with one attached hydrogen (secondary N) is 1. The molecule has 0 aliphatic carbocycles. The van der Waals surface area contributed by atoms with E-state index < -0.39 is 17.5 Å². The summed E-state index contributed by atoms with van der Waals surface area (Å²) in [7, 11) is 0. The van der Waals surface area contributed by atoms with Gasteiger partial charge in [0.25, 0.3) is 0 Å². The number of anilines is 1. The average Bonchev–Trinajstić information content (AvgIpc) is 3.06. The summed E-state index contributed by atoms with van der Waals surface area (Å²) in [6.45, 7) is 4.19. The first-order valence-corrected chi connectivity index (χ1v) is 8.89. The zero-order valence-corrected chi connectivity index (χ0v) is 14.9. The Balaban J connectivity index is 1.71. The van der Waals surface area contributed by atoms with Gasteiger partial charge in [-0.1, -0.05) is 17.8 Å². The zero-order chi connectivity index (χ0) is 19.2. The van der Waals surface area contributed by atoms with Gasteiger partial charge in [-0.25, -0.2) is 8.78 Å². The number of aromatic nitrogens is 4. The maximum atomic E-state index is 13.6. The number of rotatable bonds is 7. The van der Waals surface area contributed by atoms with E-state index in [1.165, 1.54) is 6.07 Å². The number of benzene rings is 1. The second-order valence-electron chi connectivity index (χ2n) is 5.40. The van der Waals surface area contributed by atoms with E-state index >= 15 is 0 Å². The summed E-state index contributed by atoms with van der Waals surface area (Å²) >= 11 is 1.16. The van der Waals surface area contributed by atoms with Crippen LogP contribution in [0.4, 0.5) is 14.5 Å². The fourth-order valence-corrected chi connectivity index (χ4v) is 3.06. The van der Waals surface area contributed by atoms with E-state index in [4.69, 9.17) is 0 Å². The van der Waals surface area contributed by atoms with Crippen LogP contribution in [0.3, 0.4) is 0 Å². The Morgan fingerprint density at radius 1 is 1.22 bits per heavy atom. The summed E-state index contributed by atoms with van der Waals surface area (Å²) < 4.78 is 28.4. The summed E-state index contributed by atoms with van der Waals surface area (Å²) in [6.07, 6.45) is 5.01. The smallest absolute Gasteiger partial charge is 0.234 e. The maximum Gasteiger partial charge on any atom is 0.234 e. The van der Waals surface area contributed by atoms with Crippen molar-refractivity contribution in [1.82, 2.24) is 19.7 Å². The third-order valence-corrected chi connectivity index (χ3v) is 4.47. The van der Waals surface area contributed by atoms with Crippen LogP contribution in [0.25, 0.3) is 11.4 Å². The van der Waals surface area contributed by atoms with Crippen molar-refractivity contribution in [3.63, 3.8) is 0 Å². The number of carbonyl (C=O) groups excluding carboxylic acids is 1. The third-order valence-electron chi connectivity index (χ3n) is 3.50. The van der Waals surface area contributed by atoms with Gasteiger partial charge in [-0.15, -0.1) is 16.8 Å². The van der Waals surface area contributed by atoms with Crippen LogP contribution in [-0.2, 0) is 11.3 Å². The van der Waals surface area contributed by atoms with Gasteiger partial charge in [0.05, 0.1) is 11.4 Å². The van der Waals surface area contributed by atoms with Crippen molar-refractivity contribution in [3.05, 3.63) is 67.0 Å². The molecule has 27 heavy (non-hydrogen) atoms. The van der Waals surface area contributed by atoms with E-state index in [9.17, 15) is 13.6 Å². The standard InChI is InChI=1S/C18H15F2N5OS/c1-2-9-25-17(12-5-7-21-8-6-12)23-24-18(25)27-11-16(26)22-15-4-3-13(19)10-14(15)20/h2-8,10H,1,9,11H2,(H,22,26). The number of hydrogen-bond acceptors (Lipinski definition) is 5. The highest BCUT2D eigenvalue weighted by atomic mass is 32.2. The minimum Gasteiger partial charge on any atom is -0.323 e. The molecule has 0 bridgehead atoms. The summed E-state index contributed by atoms with van der Waals surface area (Å²) in [5, 5.41) is 11.2. The van der Waals surface area contributed by atoms with Gasteiger partial charge < -0.3 is 5.32 Å². The van der Waals surface area contributed by atoms with Gasteiger partial charge in [-0.3, -0.25) is 14.3 Å². The molecule has 138 valence electrons. The van der Waals surface area contributed by atoms with Crippen LogP contribution < -0.4 is 5.32 Å². The van der Waals surface area contributed by atoms with Gasteiger partial charge in [0.1, 0.15) is 11.6 Å². The van der Waals surface area contributed by atoms with E-state index in [-0.39, 0.29) is 11.4 Å². The highest BCUT2D eigenvalue weighted by Gasteiger charge is 2.15. The van der Waals surface area contributed by atoms with Gasteiger partial charge >= 0.3 is 0 Å². The summed E-state index contributed by atoms with van der Waals surface area (Å²) in [4.78, 5) is 16.1. The molecule has 0 aliphatic heterocycles. The molecule has 2 heterocycles. The molecule has 0 aliphatic rings. The second-order valence-corrected chi connectivity index (χ2v) is 6.34. The maximum absolute atomic E-state index is 13.6. The van der Waals surface area contributed by atoms with E-state index in [1.54, 1.807) is 18.5 Å². The molecule has 3 rings (SSSR count). The van der Waals surface area contributed by atoms with Crippen molar-refractivity contribution >= 4 is 23.4 Å². The Hall–Kier alpha value is -3.07. The lowest BCUT2D eigenvalue weighted by Gasteiger charge is -2.08. The first-order valence-electron chi connectivity index (χ1n) is 7.90. The van der Waals surface area contributed by atoms with Gasteiger partial charge in [-0.05, 0) is 24.3 Å². The van der Waals surface area contributed by atoms with Crippen LogP contribution in [0.5, 0.6) is 0 Å². The summed E-state index contributed by atoms with van der Waals surface area (Å²) in [6, 6.07) is 6.58. The minimum absolute atomic E-state index is 0.0115. The van der Waals surface area contributed by atoms with E-state index in [1.807, 2.05) is 16.7 Å². The molecule has 1 amide bonds. The fourth-order valence-electron chi connectivity index (χ4n) is 2.31. The predicted molar refractivity (Wildman–Crippen MR) is 99.2 cm³/mol. The van der Waals surface area contributed by atoms with Gasteiger partial charge in [0.2, 0.25) is 5.91 Å². The fraction of sp³-hybridized carbons (Fsp3) is 0.111. The molecule has 9 heteroatoms. The van der Waals surface area contributed by atoms with Crippen molar-refractivity contribution in [1.29, 1.82) is 0 Å². The molecule has 0 atom stereocenters. The third kappa shape index (κ3) is 4.56. The van der Waals surface area contributed by atoms with Crippen LogP contribution in [0.2, 0.25) is 0 Å². The van der Waals surface area contributed by atoms with Crippen LogP contribution in [0.15, 0.2) is 60.5 Å². The van der Waals surface area contributed by atoms with Crippen molar-refractivity contribution in [3.8, 4) is 11.4 Å². The first kappa shape index (κ1) is 18.7. The molecule has 0 saturated heterocycles. The molecule has 2 aromatic heterocycles. The lowest BCUT2D eigenvalue weighted by molar-refractivity contribution is -0.113. The molecule has 0 radical (unpaired) electrons.